The second-order valence-corrected chi connectivity index (χ2v) is 4.53. The van der Waals surface area contributed by atoms with Gasteiger partial charge in [-0.2, -0.15) is 0 Å². The molecule has 4 heteroatoms. The van der Waals surface area contributed by atoms with E-state index in [0.717, 1.165) is 11.1 Å². The van der Waals surface area contributed by atoms with Crippen LogP contribution in [0.5, 0.6) is 0 Å². The number of carbonyl (C=O) groups excluding carboxylic acids is 2. The SMILES string of the molecule is C=C.CC(=O)OCc1ccccc1.CC(=O)OCc1ccccc1. The molecule has 0 bridgehead atoms. The molecule has 2 aromatic rings. The highest BCUT2D eigenvalue weighted by atomic mass is 16.5. The molecule has 0 saturated heterocycles. The summed E-state index contributed by atoms with van der Waals surface area (Å²) in [6.45, 7) is 9.55. The Morgan fingerprint density at radius 3 is 1.25 bits per heavy atom. The fraction of sp³-hybridized carbons (Fsp3) is 0.200. The van der Waals surface area contributed by atoms with E-state index in [9.17, 15) is 9.59 Å². The van der Waals surface area contributed by atoms with Crippen molar-refractivity contribution in [2.45, 2.75) is 27.1 Å². The van der Waals surface area contributed by atoms with Gasteiger partial charge in [-0.05, 0) is 11.1 Å². The summed E-state index contributed by atoms with van der Waals surface area (Å²) < 4.78 is 9.58. The summed E-state index contributed by atoms with van der Waals surface area (Å²) in [6.07, 6.45) is 0. The number of carbonyl (C=O) groups is 2. The summed E-state index contributed by atoms with van der Waals surface area (Å²) in [5, 5.41) is 0. The molecule has 0 aromatic heterocycles. The fourth-order valence-electron chi connectivity index (χ4n) is 1.52. The highest BCUT2D eigenvalue weighted by Crippen LogP contribution is 2.00. The minimum absolute atomic E-state index is 0.242. The normalized spacial score (nSPS) is 8.58. The molecule has 0 aliphatic heterocycles. The van der Waals surface area contributed by atoms with Gasteiger partial charge in [-0.1, -0.05) is 60.7 Å². The van der Waals surface area contributed by atoms with Gasteiger partial charge >= 0.3 is 11.9 Å². The van der Waals surface area contributed by atoms with Crippen LogP contribution in [0.15, 0.2) is 73.8 Å². The second kappa shape index (κ2) is 13.8. The smallest absolute Gasteiger partial charge is 0.302 e. The lowest BCUT2D eigenvalue weighted by molar-refractivity contribution is -0.143. The minimum atomic E-state index is -0.242. The third-order valence-corrected chi connectivity index (χ3v) is 2.57. The van der Waals surface area contributed by atoms with Crippen molar-refractivity contribution in [3.8, 4) is 0 Å². The quantitative estimate of drug-likeness (QED) is 0.620. The molecule has 128 valence electrons. The maximum absolute atomic E-state index is 10.4. The van der Waals surface area contributed by atoms with Crippen molar-refractivity contribution in [1.82, 2.24) is 0 Å². The van der Waals surface area contributed by atoms with Gasteiger partial charge in [-0.25, -0.2) is 0 Å². The third-order valence-electron chi connectivity index (χ3n) is 2.57. The molecule has 2 rings (SSSR count). The first kappa shape index (κ1) is 21.1. The molecule has 2 aromatic carbocycles. The van der Waals surface area contributed by atoms with Crippen LogP contribution in [0.25, 0.3) is 0 Å². The largest absolute Gasteiger partial charge is 0.461 e. The summed E-state index contributed by atoms with van der Waals surface area (Å²) in [7, 11) is 0. The van der Waals surface area contributed by atoms with E-state index < -0.39 is 0 Å². The highest BCUT2D eigenvalue weighted by Gasteiger charge is 1.94. The first-order valence-corrected chi connectivity index (χ1v) is 7.42. The van der Waals surface area contributed by atoms with Gasteiger partial charge in [-0.3, -0.25) is 9.59 Å². The Hall–Kier alpha value is -2.88. The fourth-order valence-corrected chi connectivity index (χ4v) is 1.52. The van der Waals surface area contributed by atoms with Gasteiger partial charge in [0, 0.05) is 13.8 Å². The number of rotatable bonds is 4. The summed E-state index contributed by atoms with van der Waals surface area (Å²) in [5.74, 6) is -0.484. The van der Waals surface area contributed by atoms with Crippen molar-refractivity contribution in [1.29, 1.82) is 0 Å². The molecule has 0 saturated carbocycles. The van der Waals surface area contributed by atoms with Gasteiger partial charge in [0.1, 0.15) is 13.2 Å². The lowest BCUT2D eigenvalue weighted by atomic mass is 10.2. The Kier molecular flexibility index (Phi) is 12.1. The first-order valence-electron chi connectivity index (χ1n) is 7.42. The highest BCUT2D eigenvalue weighted by molar-refractivity contribution is 5.66. The van der Waals surface area contributed by atoms with Gasteiger partial charge in [0.2, 0.25) is 0 Å². The molecule has 0 fully saturated rings. The number of esters is 2. The number of hydrogen-bond donors (Lipinski definition) is 0. The minimum Gasteiger partial charge on any atom is -0.461 e. The van der Waals surface area contributed by atoms with Gasteiger partial charge in [0.05, 0.1) is 0 Å². The average Bonchev–Trinajstić information content (AvgIpc) is 2.62. The molecule has 0 radical (unpaired) electrons. The van der Waals surface area contributed by atoms with Crippen LogP contribution in [0.3, 0.4) is 0 Å². The molecule has 0 amide bonds. The molecule has 24 heavy (non-hydrogen) atoms. The summed E-state index contributed by atoms with van der Waals surface area (Å²) >= 11 is 0. The Morgan fingerprint density at radius 1 is 0.708 bits per heavy atom. The Balaban J connectivity index is 0.000000400. The molecule has 0 unspecified atom stereocenters. The van der Waals surface area contributed by atoms with Crippen LogP contribution in [0.1, 0.15) is 25.0 Å². The molecule has 0 atom stereocenters. The standard InChI is InChI=1S/2C9H10O2.C2H4/c2*1-8(10)11-7-9-5-3-2-4-6-9;1-2/h2*2-6H,7H2,1H3;1-2H2. The third kappa shape index (κ3) is 11.7. The predicted molar refractivity (Wildman–Crippen MR) is 95.1 cm³/mol. The van der Waals surface area contributed by atoms with Gasteiger partial charge < -0.3 is 9.47 Å². The van der Waals surface area contributed by atoms with E-state index >= 15 is 0 Å². The molecule has 0 spiro atoms. The van der Waals surface area contributed by atoms with Crippen molar-refractivity contribution in [3.05, 3.63) is 84.9 Å². The number of hydrogen-bond acceptors (Lipinski definition) is 4. The van der Waals surface area contributed by atoms with Crippen LogP contribution in [0.2, 0.25) is 0 Å². The molecule has 0 heterocycles. The van der Waals surface area contributed by atoms with Crippen molar-refractivity contribution in [2.24, 2.45) is 0 Å². The number of ether oxygens (including phenoxy) is 2. The molecule has 0 aliphatic carbocycles. The van der Waals surface area contributed by atoms with E-state index in [1.807, 2.05) is 60.7 Å². The Labute approximate surface area is 143 Å². The topological polar surface area (TPSA) is 52.6 Å². The zero-order valence-corrected chi connectivity index (χ0v) is 14.2. The number of benzene rings is 2. The van der Waals surface area contributed by atoms with E-state index in [1.54, 1.807) is 0 Å². The van der Waals surface area contributed by atoms with Crippen LogP contribution in [0, 0.1) is 0 Å². The lowest BCUT2D eigenvalue weighted by Crippen LogP contribution is -1.97. The van der Waals surface area contributed by atoms with Gasteiger partial charge in [0.15, 0.2) is 0 Å². The molecule has 0 N–H and O–H groups in total. The molecule has 4 nitrogen and oxygen atoms in total. The van der Waals surface area contributed by atoms with Crippen LogP contribution < -0.4 is 0 Å². The summed E-state index contributed by atoms with van der Waals surface area (Å²) in [6, 6.07) is 19.2. The van der Waals surface area contributed by atoms with E-state index in [2.05, 4.69) is 13.2 Å². The first-order chi connectivity index (χ1) is 11.6. The van der Waals surface area contributed by atoms with E-state index in [-0.39, 0.29) is 11.9 Å². The van der Waals surface area contributed by atoms with Crippen LogP contribution in [0.4, 0.5) is 0 Å². The summed E-state index contributed by atoms with van der Waals surface area (Å²) in [5.41, 5.74) is 2.03. The Bertz CT molecular complexity index is 526. The van der Waals surface area contributed by atoms with Crippen molar-refractivity contribution >= 4 is 11.9 Å². The average molecular weight is 328 g/mol. The lowest BCUT2D eigenvalue weighted by Gasteiger charge is -1.99. The molecule has 0 aliphatic rings. The maximum atomic E-state index is 10.4. The van der Waals surface area contributed by atoms with E-state index in [1.165, 1.54) is 13.8 Å². The summed E-state index contributed by atoms with van der Waals surface area (Å²) in [4.78, 5) is 20.8. The maximum Gasteiger partial charge on any atom is 0.302 e. The molecular weight excluding hydrogens is 304 g/mol. The van der Waals surface area contributed by atoms with E-state index in [0.29, 0.717) is 13.2 Å². The molecular formula is C20H24O4. The van der Waals surface area contributed by atoms with E-state index in [4.69, 9.17) is 9.47 Å². The zero-order valence-electron chi connectivity index (χ0n) is 14.2. The van der Waals surface area contributed by atoms with Gasteiger partial charge in [0.25, 0.3) is 0 Å². The van der Waals surface area contributed by atoms with Crippen molar-refractivity contribution in [2.75, 3.05) is 0 Å². The van der Waals surface area contributed by atoms with Crippen LogP contribution in [-0.4, -0.2) is 11.9 Å². The van der Waals surface area contributed by atoms with Crippen LogP contribution >= 0.6 is 0 Å². The second-order valence-electron chi connectivity index (χ2n) is 4.53. The zero-order chi connectivity index (χ0) is 18.2. The Morgan fingerprint density at radius 2 is 1.00 bits per heavy atom. The predicted octanol–water partition coefficient (Wildman–Crippen LogP) is 4.30. The van der Waals surface area contributed by atoms with Crippen LogP contribution in [-0.2, 0) is 32.3 Å². The monoisotopic (exact) mass is 328 g/mol. The van der Waals surface area contributed by atoms with Crippen molar-refractivity contribution < 1.29 is 19.1 Å². The van der Waals surface area contributed by atoms with Crippen molar-refractivity contribution in [3.63, 3.8) is 0 Å². The van der Waals surface area contributed by atoms with Gasteiger partial charge in [-0.15, -0.1) is 13.2 Å².